The Balaban J connectivity index is 1.55. The van der Waals surface area contributed by atoms with E-state index in [0.29, 0.717) is 5.75 Å². The van der Waals surface area contributed by atoms with Crippen LogP contribution in [-0.2, 0) is 13.0 Å². The summed E-state index contributed by atoms with van der Waals surface area (Å²) in [6.45, 7) is 3.78. The van der Waals surface area contributed by atoms with Crippen molar-refractivity contribution in [1.82, 2.24) is 14.9 Å². The van der Waals surface area contributed by atoms with Crippen LogP contribution in [0.3, 0.4) is 0 Å². The van der Waals surface area contributed by atoms with Crippen LogP contribution < -0.4 is 5.32 Å². The van der Waals surface area contributed by atoms with Gasteiger partial charge in [-0.1, -0.05) is 42.5 Å². The molecule has 2 N–H and O–H groups in total. The first-order valence-corrected chi connectivity index (χ1v) is 8.28. The van der Waals surface area contributed by atoms with Gasteiger partial charge in [0.1, 0.15) is 11.6 Å². The predicted molar refractivity (Wildman–Crippen MR) is 96.0 cm³/mol. The van der Waals surface area contributed by atoms with Crippen molar-refractivity contribution in [2.45, 2.75) is 25.9 Å². The minimum absolute atomic E-state index is 0.189. The quantitative estimate of drug-likeness (QED) is 0.700. The van der Waals surface area contributed by atoms with Crippen LogP contribution in [0.1, 0.15) is 29.9 Å². The summed E-state index contributed by atoms with van der Waals surface area (Å²) in [6.07, 6.45) is 4.75. The lowest BCUT2D eigenvalue weighted by Crippen LogP contribution is -2.22. The molecule has 1 atom stereocenters. The first-order valence-electron chi connectivity index (χ1n) is 8.28. The number of hydrogen-bond acceptors (Lipinski definition) is 3. The number of rotatable bonds is 7. The first-order chi connectivity index (χ1) is 11.7. The second-order valence-electron chi connectivity index (χ2n) is 5.98. The molecular weight excluding hydrogens is 298 g/mol. The van der Waals surface area contributed by atoms with E-state index in [-0.39, 0.29) is 6.04 Å². The minimum Gasteiger partial charge on any atom is -0.508 e. The Morgan fingerprint density at radius 3 is 2.75 bits per heavy atom. The molecule has 0 spiro atoms. The van der Waals surface area contributed by atoms with Gasteiger partial charge in [-0.3, -0.25) is 0 Å². The molecule has 0 amide bonds. The molecule has 1 heterocycles. The summed E-state index contributed by atoms with van der Waals surface area (Å²) < 4.78 is 2.19. The number of aromatic nitrogens is 2. The van der Waals surface area contributed by atoms with E-state index < -0.39 is 0 Å². The van der Waals surface area contributed by atoms with E-state index >= 15 is 0 Å². The standard InChI is InChI=1S/C20H23N3O/c1-16(18-8-5-9-19(24)14-18)21-11-10-20-22-12-13-23(20)15-17-6-3-2-4-7-17/h2-9,12-14,16,21,24H,10-11,15H2,1H3/t16-/m0/s1. The number of aromatic hydroxyl groups is 1. The Labute approximate surface area is 142 Å². The number of benzene rings is 2. The van der Waals surface area contributed by atoms with Crippen molar-refractivity contribution in [3.05, 3.63) is 83.9 Å². The molecular formula is C20H23N3O. The highest BCUT2D eigenvalue weighted by molar-refractivity contribution is 5.29. The number of phenols is 1. The third-order valence-corrected chi connectivity index (χ3v) is 4.17. The maximum atomic E-state index is 9.57. The molecule has 0 saturated heterocycles. The van der Waals surface area contributed by atoms with Gasteiger partial charge >= 0.3 is 0 Å². The van der Waals surface area contributed by atoms with Gasteiger partial charge in [-0.05, 0) is 30.2 Å². The highest BCUT2D eigenvalue weighted by Gasteiger charge is 2.07. The fourth-order valence-corrected chi connectivity index (χ4v) is 2.80. The van der Waals surface area contributed by atoms with Crippen LogP contribution in [0.4, 0.5) is 0 Å². The van der Waals surface area contributed by atoms with E-state index in [0.717, 1.165) is 30.9 Å². The molecule has 0 fully saturated rings. The minimum atomic E-state index is 0.189. The van der Waals surface area contributed by atoms with E-state index in [1.54, 1.807) is 12.1 Å². The molecule has 3 aromatic rings. The predicted octanol–water partition coefficient (Wildman–Crippen LogP) is 3.53. The topological polar surface area (TPSA) is 50.1 Å². The zero-order valence-corrected chi connectivity index (χ0v) is 13.9. The molecule has 0 aliphatic rings. The summed E-state index contributed by atoms with van der Waals surface area (Å²) in [7, 11) is 0. The van der Waals surface area contributed by atoms with Crippen LogP contribution in [0.25, 0.3) is 0 Å². The smallest absolute Gasteiger partial charge is 0.115 e. The van der Waals surface area contributed by atoms with Gasteiger partial charge in [0.05, 0.1) is 0 Å². The van der Waals surface area contributed by atoms with Crippen LogP contribution >= 0.6 is 0 Å². The van der Waals surface area contributed by atoms with Crippen molar-refractivity contribution in [2.24, 2.45) is 0 Å². The van der Waals surface area contributed by atoms with E-state index in [1.807, 2.05) is 30.6 Å². The van der Waals surface area contributed by atoms with Crippen LogP contribution in [0.15, 0.2) is 67.0 Å². The summed E-state index contributed by atoms with van der Waals surface area (Å²) in [6, 6.07) is 18.0. The van der Waals surface area contributed by atoms with Gasteiger partial charge in [0, 0.05) is 37.9 Å². The molecule has 0 aliphatic carbocycles. The van der Waals surface area contributed by atoms with Crippen molar-refractivity contribution < 1.29 is 5.11 Å². The van der Waals surface area contributed by atoms with Crippen LogP contribution in [0, 0.1) is 0 Å². The molecule has 24 heavy (non-hydrogen) atoms. The molecule has 0 radical (unpaired) electrons. The Hall–Kier alpha value is -2.59. The number of hydrogen-bond donors (Lipinski definition) is 2. The van der Waals surface area contributed by atoms with Crippen LogP contribution in [-0.4, -0.2) is 21.2 Å². The van der Waals surface area contributed by atoms with Crippen molar-refractivity contribution in [2.75, 3.05) is 6.54 Å². The fraction of sp³-hybridized carbons (Fsp3) is 0.250. The number of imidazole rings is 1. The van der Waals surface area contributed by atoms with Gasteiger partial charge in [-0.15, -0.1) is 0 Å². The lowest BCUT2D eigenvalue weighted by molar-refractivity contribution is 0.472. The molecule has 4 heteroatoms. The molecule has 124 valence electrons. The second kappa shape index (κ2) is 7.79. The second-order valence-corrected chi connectivity index (χ2v) is 5.98. The van der Waals surface area contributed by atoms with Gasteiger partial charge in [0.2, 0.25) is 0 Å². The molecule has 4 nitrogen and oxygen atoms in total. The monoisotopic (exact) mass is 321 g/mol. The highest BCUT2D eigenvalue weighted by Crippen LogP contribution is 2.17. The largest absolute Gasteiger partial charge is 0.508 e. The number of phenolic OH excluding ortho intramolecular Hbond substituents is 1. The average molecular weight is 321 g/mol. The van der Waals surface area contributed by atoms with E-state index in [4.69, 9.17) is 0 Å². The Bertz CT molecular complexity index is 767. The Morgan fingerprint density at radius 1 is 1.12 bits per heavy atom. The van der Waals surface area contributed by atoms with Gasteiger partial charge in [-0.25, -0.2) is 4.98 Å². The lowest BCUT2D eigenvalue weighted by Gasteiger charge is -2.15. The first kappa shape index (κ1) is 16.3. The summed E-state index contributed by atoms with van der Waals surface area (Å²) in [5, 5.41) is 13.1. The zero-order valence-electron chi connectivity index (χ0n) is 13.9. The Kier molecular flexibility index (Phi) is 5.29. The fourth-order valence-electron chi connectivity index (χ4n) is 2.80. The lowest BCUT2D eigenvalue weighted by atomic mass is 10.1. The summed E-state index contributed by atoms with van der Waals surface area (Å²) in [5.41, 5.74) is 2.36. The van der Waals surface area contributed by atoms with Gasteiger partial charge in [-0.2, -0.15) is 0 Å². The molecule has 1 aromatic heterocycles. The third-order valence-electron chi connectivity index (χ3n) is 4.17. The summed E-state index contributed by atoms with van der Waals surface area (Å²) in [4.78, 5) is 4.48. The van der Waals surface area contributed by atoms with Crippen molar-refractivity contribution in [3.8, 4) is 5.75 Å². The van der Waals surface area contributed by atoms with Crippen molar-refractivity contribution in [3.63, 3.8) is 0 Å². The third kappa shape index (κ3) is 4.24. The van der Waals surface area contributed by atoms with Gasteiger partial charge < -0.3 is 15.0 Å². The normalized spacial score (nSPS) is 12.2. The molecule has 0 bridgehead atoms. The zero-order chi connectivity index (χ0) is 16.8. The summed E-state index contributed by atoms with van der Waals surface area (Å²) >= 11 is 0. The SMILES string of the molecule is C[C@H](NCCc1nccn1Cc1ccccc1)c1cccc(O)c1. The average Bonchev–Trinajstić information content (AvgIpc) is 3.03. The van der Waals surface area contributed by atoms with E-state index in [2.05, 4.69) is 46.1 Å². The van der Waals surface area contributed by atoms with Crippen molar-refractivity contribution >= 4 is 0 Å². The van der Waals surface area contributed by atoms with E-state index in [9.17, 15) is 5.11 Å². The summed E-state index contributed by atoms with van der Waals surface area (Å²) in [5.74, 6) is 1.38. The molecule has 2 aromatic carbocycles. The maximum Gasteiger partial charge on any atom is 0.115 e. The molecule has 3 rings (SSSR count). The van der Waals surface area contributed by atoms with Crippen molar-refractivity contribution in [1.29, 1.82) is 0 Å². The number of nitrogens with zero attached hydrogens (tertiary/aromatic N) is 2. The molecule has 0 unspecified atom stereocenters. The van der Waals surface area contributed by atoms with Crippen LogP contribution in [0.5, 0.6) is 5.75 Å². The molecule has 0 aliphatic heterocycles. The molecule has 0 saturated carbocycles. The Morgan fingerprint density at radius 2 is 1.96 bits per heavy atom. The van der Waals surface area contributed by atoms with Gasteiger partial charge in [0.25, 0.3) is 0 Å². The van der Waals surface area contributed by atoms with E-state index in [1.165, 1.54) is 5.56 Å². The number of nitrogens with one attached hydrogen (secondary N) is 1. The van der Waals surface area contributed by atoms with Crippen LogP contribution in [0.2, 0.25) is 0 Å². The maximum absolute atomic E-state index is 9.57. The van der Waals surface area contributed by atoms with Gasteiger partial charge in [0.15, 0.2) is 0 Å². The highest BCUT2D eigenvalue weighted by atomic mass is 16.3.